The molecule has 8 heteroatoms. The molecule has 0 radical (unpaired) electrons. The van der Waals surface area contributed by atoms with Crippen molar-refractivity contribution in [2.24, 2.45) is 0 Å². The van der Waals surface area contributed by atoms with Gasteiger partial charge >= 0.3 is 0 Å². The summed E-state index contributed by atoms with van der Waals surface area (Å²) in [6, 6.07) is 9.35. The summed E-state index contributed by atoms with van der Waals surface area (Å²) in [7, 11) is 3.16. The van der Waals surface area contributed by atoms with Crippen LogP contribution < -0.4 is 14.8 Å². The maximum atomic E-state index is 12.3. The van der Waals surface area contributed by atoms with Crippen molar-refractivity contribution in [3.05, 3.63) is 47.0 Å². The molecule has 6 nitrogen and oxygen atoms in total. The number of hydrogen-bond acceptors (Lipinski definition) is 7. The fourth-order valence-electron chi connectivity index (χ4n) is 2.81. The number of anilines is 1. The fourth-order valence-corrected chi connectivity index (χ4v) is 4.82. The van der Waals surface area contributed by atoms with E-state index in [-0.39, 0.29) is 5.91 Å². The van der Waals surface area contributed by atoms with Gasteiger partial charge in [0.2, 0.25) is 5.91 Å². The number of fused-ring (bicyclic) bond motifs is 3. The molecule has 0 bridgehead atoms. The standard InChI is InChI=1S/C20H17N3O3S2/c1-11-21-13-6-7-14-19(18(13)27-11)28-20(22-14)23-17(24)9-5-12-4-8-15(25-2)16(10-12)26-3/h4-10H,1-3H3,(H,22,23,24). The van der Waals surface area contributed by atoms with Crippen molar-refractivity contribution < 1.29 is 14.3 Å². The zero-order valence-corrected chi connectivity index (χ0v) is 17.1. The number of nitrogens with zero attached hydrogens (tertiary/aromatic N) is 2. The summed E-state index contributed by atoms with van der Waals surface area (Å²) in [5, 5.41) is 4.41. The van der Waals surface area contributed by atoms with Crippen molar-refractivity contribution in [2.75, 3.05) is 19.5 Å². The number of hydrogen-bond donors (Lipinski definition) is 1. The smallest absolute Gasteiger partial charge is 0.250 e. The second kappa shape index (κ2) is 7.57. The van der Waals surface area contributed by atoms with Crippen LogP contribution in [0.2, 0.25) is 0 Å². The molecule has 0 fully saturated rings. The summed E-state index contributed by atoms with van der Waals surface area (Å²) in [6.07, 6.45) is 3.19. The maximum absolute atomic E-state index is 12.3. The van der Waals surface area contributed by atoms with E-state index in [1.807, 2.05) is 31.2 Å². The van der Waals surface area contributed by atoms with Crippen LogP contribution in [0.15, 0.2) is 36.4 Å². The number of carbonyl (C=O) groups excluding carboxylic acids is 1. The molecule has 0 aliphatic rings. The number of nitrogens with one attached hydrogen (secondary N) is 1. The lowest BCUT2D eigenvalue weighted by Gasteiger charge is -2.07. The Morgan fingerprint density at radius 3 is 2.46 bits per heavy atom. The molecule has 0 atom stereocenters. The Bertz CT molecular complexity index is 1210. The topological polar surface area (TPSA) is 73.3 Å². The number of rotatable bonds is 5. The van der Waals surface area contributed by atoms with E-state index in [2.05, 4.69) is 15.3 Å². The molecule has 0 aliphatic carbocycles. The molecule has 1 N–H and O–H groups in total. The largest absolute Gasteiger partial charge is 0.493 e. The molecule has 2 aromatic heterocycles. The number of aryl methyl sites for hydroxylation is 1. The third-order valence-corrected chi connectivity index (χ3v) is 6.22. The van der Waals surface area contributed by atoms with Gasteiger partial charge in [-0.15, -0.1) is 11.3 Å². The number of methoxy groups -OCH3 is 2. The molecule has 4 rings (SSSR count). The average Bonchev–Trinajstić information content (AvgIpc) is 3.27. The van der Waals surface area contributed by atoms with Crippen molar-refractivity contribution >= 4 is 60.2 Å². The molecule has 142 valence electrons. The van der Waals surface area contributed by atoms with Crippen LogP contribution in [0.3, 0.4) is 0 Å². The van der Waals surface area contributed by atoms with Crippen LogP contribution in [0.25, 0.3) is 26.5 Å². The highest BCUT2D eigenvalue weighted by Gasteiger charge is 2.12. The van der Waals surface area contributed by atoms with Gasteiger partial charge < -0.3 is 9.47 Å². The minimum absolute atomic E-state index is 0.245. The summed E-state index contributed by atoms with van der Waals surface area (Å²) in [6.45, 7) is 1.99. The first-order chi connectivity index (χ1) is 13.6. The molecular weight excluding hydrogens is 394 g/mol. The van der Waals surface area contributed by atoms with Crippen LogP contribution in [-0.2, 0) is 4.79 Å². The normalized spacial score (nSPS) is 11.4. The monoisotopic (exact) mass is 411 g/mol. The molecule has 4 aromatic rings. The molecular formula is C20H17N3O3S2. The highest BCUT2D eigenvalue weighted by Crippen LogP contribution is 2.35. The van der Waals surface area contributed by atoms with Crippen molar-refractivity contribution in [3.8, 4) is 11.5 Å². The Labute approximate surface area is 169 Å². The van der Waals surface area contributed by atoms with Crippen LogP contribution in [0.5, 0.6) is 11.5 Å². The number of ether oxygens (including phenoxy) is 2. The SMILES string of the molecule is COc1ccc(C=CC(=O)Nc2nc3ccc4nc(C)sc4c3s2)cc1OC. The minimum atomic E-state index is -0.245. The molecule has 0 unspecified atom stereocenters. The van der Waals surface area contributed by atoms with Crippen molar-refractivity contribution in [1.82, 2.24) is 9.97 Å². The molecule has 0 saturated heterocycles. The molecule has 2 aromatic carbocycles. The zero-order chi connectivity index (χ0) is 19.7. The number of thiazole rings is 2. The quantitative estimate of drug-likeness (QED) is 0.474. The first kappa shape index (κ1) is 18.4. The third-order valence-electron chi connectivity index (χ3n) is 4.08. The van der Waals surface area contributed by atoms with E-state index in [1.165, 1.54) is 17.4 Å². The van der Waals surface area contributed by atoms with Gasteiger partial charge in [-0.3, -0.25) is 10.1 Å². The van der Waals surface area contributed by atoms with Crippen molar-refractivity contribution in [1.29, 1.82) is 0 Å². The van der Waals surface area contributed by atoms with Gasteiger partial charge in [0.1, 0.15) is 0 Å². The van der Waals surface area contributed by atoms with Crippen LogP contribution >= 0.6 is 22.7 Å². The number of amides is 1. The summed E-state index contributed by atoms with van der Waals surface area (Å²) in [5.74, 6) is 1.01. The Balaban J connectivity index is 1.53. The Kier molecular flexibility index (Phi) is 4.97. The van der Waals surface area contributed by atoms with Gasteiger partial charge in [-0.25, -0.2) is 9.97 Å². The Morgan fingerprint density at radius 2 is 1.71 bits per heavy atom. The lowest BCUT2D eigenvalue weighted by Crippen LogP contribution is -2.07. The second-order valence-electron chi connectivity index (χ2n) is 5.95. The molecule has 2 heterocycles. The number of aromatic nitrogens is 2. The lowest BCUT2D eigenvalue weighted by molar-refractivity contribution is -0.111. The van der Waals surface area contributed by atoms with E-state index >= 15 is 0 Å². The average molecular weight is 412 g/mol. The summed E-state index contributed by atoms with van der Waals surface area (Å²) in [5.41, 5.74) is 2.66. The molecule has 28 heavy (non-hydrogen) atoms. The van der Waals surface area contributed by atoms with E-state index in [1.54, 1.807) is 37.7 Å². The Hall–Kier alpha value is -2.97. The van der Waals surface area contributed by atoms with Crippen LogP contribution in [0.1, 0.15) is 10.6 Å². The van der Waals surface area contributed by atoms with E-state index in [0.717, 1.165) is 31.0 Å². The van der Waals surface area contributed by atoms with Crippen LogP contribution in [0.4, 0.5) is 5.13 Å². The van der Waals surface area contributed by atoms with Gasteiger partial charge in [-0.2, -0.15) is 0 Å². The van der Waals surface area contributed by atoms with Gasteiger partial charge in [-0.05, 0) is 42.8 Å². The first-order valence-electron chi connectivity index (χ1n) is 8.45. The van der Waals surface area contributed by atoms with Gasteiger partial charge in [-0.1, -0.05) is 17.4 Å². The van der Waals surface area contributed by atoms with E-state index in [0.29, 0.717) is 16.6 Å². The lowest BCUT2D eigenvalue weighted by atomic mass is 10.2. The third kappa shape index (κ3) is 3.56. The second-order valence-corrected chi connectivity index (χ2v) is 8.15. The fraction of sp³-hybridized carbons (Fsp3) is 0.150. The molecule has 0 aliphatic heterocycles. The molecule has 1 amide bonds. The maximum Gasteiger partial charge on any atom is 0.250 e. The van der Waals surface area contributed by atoms with Crippen molar-refractivity contribution in [2.45, 2.75) is 6.92 Å². The molecule has 0 saturated carbocycles. The minimum Gasteiger partial charge on any atom is -0.493 e. The zero-order valence-electron chi connectivity index (χ0n) is 15.5. The first-order valence-corrected chi connectivity index (χ1v) is 10.1. The highest BCUT2D eigenvalue weighted by atomic mass is 32.1. The summed E-state index contributed by atoms with van der Waals surface area (Å²) < 4.78 is 12.6. The summed E-state index contributed by atoms with van der Waals surface area (Å²) >= 11 is 3.10. The van der Waals surface area contributed by atoms with Crippen molar-refractivity contribution in [3.63, 3.8) is 0 Å². The highest BCUT2D eigenvalue weighted by molar-refractivity contribution is 7.28. The van der Waals surface area contributed by atoms with E-state index < -0.39 is 0 Å². The van der Waals surface area contributed by atoms with Crippen LogP contribution in [0, 0.1) is 6.92 Å². The summed E-state index contributed by atoms with van der Waals surface area (Å²) in [4.78, 5) is 21.3. The van der Waals surface area contributed by atoms with Gasteiger partial charge in [0.05, 0.1) is 39.7 Å². The van der Waals surface area contributed by atoms with Gasteiger partial charge in [0.25, 0.3) is 0 Å². The Morgan fingerprint density at radius 1 is 1.00 bits per heavy atom. The van der Waals surface area contributed by atoms with Gasteiger partial charge in [0.15, 0.2) is 16.6 Å². The predicted molar refractivity (Wildman–Crippen MR) is 115 cm³/mol. The van der Waals surface area contributed by atoms with Crippen LogP contribution in [-0.4, -0.2) is 30.1 Å². The predicted octanol–water partition coefficient (Wildman–Crippen LogP) is 4.88. The van der Waals surface area contributed by atoms with E-state index in [4.69, 9.17) is 9.47 Å². The number of benzene rings is 2. The molecule has 0 spiro atoms. The van der Waals surface area contributed by atoms with Gasteiger partial charge in [0, 0.05) is 6.08 Å². The van der Waals surface area contributed by atoms with E-state index in [9.17, 15) is 4.79 Å². The number of carbonyl (C=O) groups is 1.